The van der Waals surface area contributed by atoms with E-state index in [2.05, 4.69) is 26.1 Å². The second-order valence-corrected chi connectivity index (χ2v) is 5.40. The number of Topliss-reactive ketones (excluding diaryl/α,β-unsaturated/α-hetero) is 1. The van der Waals surface area contributed by atoms with Crippen molar-refractivity contribution in [3.8, 4) is 0 Å². The SMILES string of the molecule is CNCC1CCC(C)(C(C)=O)C1(C)C. The lowest BCUT2D eigenvalue weighted by atomic mass is 9.64. The molecule has 0 spiro atoms. The Morgan fingerprint density at radius 1 is 1.43 bits per heavy atom. The molecule has 0 aromatic heterocycles. The molecule has 1 fully saturated rings. The summed E-state index contributed by atoms with van der Waals surface area (Å²) in [5.74, 6) is 0.975. The van der Waals surface area contributed by atoms with E-state index in [0.29, 0.717) is 11.7 Å². The van der Waals surface area contributed by atoms with Crippen molar-refractivity contribution in [2.24, 2.45) is 16.7 Å². The van der Waals surface area contributed by atoms with Crippen LogP contribution in [-0.4, -0.2) is 19.4 Å². The lowest BCUT2D eigenvalue weighted by Gasteiger charge is -2.40. The molecule has 0 saturated heterocycles. The first-order valence-corrected chi connectivity index (χ1v) is 5.52. The van der Waals surface area contributed by atoms with Crippen molar-refractivity contribution >= 4 is 5.78 Å². The molecule has 1 aliphatic rings. The number of nitrogens with one attached hydrogen (secondary N) is 1. The van der Waals surface area contributed by atoms with Gasteiger partial charge in [-0.3, -0.25) is 4.79 Å². The highest BCUT2D eigenvalue weighted by molar-refractivity contribution is 5.83. The molecule has 14 heavy (non-hydrogen) atoms. The van der Waals surface area contributed by atoms with Gasteiger partial charge in [0.25, 0.3) is 0 Å². The van der Waals surface area contributed by atoms with E-state index in [1.165, 1.54) is 6.42 Å². The number of carbonyl (C=O) groups excluding carboxylic acids is 1. The number of carbonyl (C=O) groups is 1. The Morgan fingerprint density at radius 3 is 2.36 bits per heavy atom. The summed E-state index contributed by atoms with van der Waals surface area (Å²) in [6.45, 7) is 9.37. The summed E-state index contributed by atoms with van der Waals surface area (Å²) in [7, 11) is 1.99. The first kappa shape index (κ1) is 11.7. The fourth-order valence-corrected chi connectivity index (χ4v) is 2.83. The minimum atomic E-state index is -0.117. The second kappa shape index (κ2) is 3.65. The normalized spacial score (nSPS) is 35.9. The van der Waals surface area contributed by atoms with Crippen LogP contribution in [0.3, 0.4) is 0 Å². The average Bonchev–Trinajstić information content (AvgIpc) is 2.30. The van der Waals surface area contributed by atoms with E-state index >= 15 is 0 Å². The van der Waals surface area contributed by atoms with Gasteiger partial charge in [0.05, 0.1) is 0 Å². The van der Waals surface area contributed by atoms with E-state index in [4.69, 9.17) is 0 Å². The van der Waals surface area contributed by atoms with E-state index in [9.17, 15) is 4.79 Å². The monoisotopic (exact) mass is 197 g/mol. The molecule has 2 atom stereocenters. The molecule has 1 rings (SSSR count). The van der Waals surface area contributed by atoms with Crippen LogP contribution in [0.25, 0.3) is 0 Å². The summed E-state index contributed by atoms with van der Waals surface area (Å²) in [6, 6.07) is 0. The lowest BCUT2D eigenvalue weighted by molar-refractivity contribution is -0.131. The Hall–Kier alpha value is -0.370. The topological polar surface area (TPSA) is 29.1 Å². The van der Waals surface area contributed by atoms with Gasteiger partial charge in [-0.15, -0.1) is 0 Å². The summed E-state index contributed by atoms with van der Waals surface area (Å²) in [5, 5.41) is 3.23. The molecule has 2 unspecified atom stereocenters. The van der Waals surface area contributed by atoms with Gasteiger partial charge in [0.1, 0.15) is 5.78 Å². The maximum Gasteiger partial charge on any atom is 0.136 e. The average molecular weight is 197 g/mol. The third-order valence-electron chi connectivity index (χ3n) is 4.66. The van der Waals surface area contributed by atoms with Crippen LogP contribution >= 0.6 is 0 Å². The molecule has 2 heteroatoms. The molecule has 0 amide bonds. The van der Waals surface area contributed by atoms with Gasteiger partial charge in [-0.05, 0) is 44.7 Å². The Balaban J connectivity index is 2.90. The van der Waals surface area contributed by atoms with Gasteiger partial charge in [-0.25, -0.2) is 0 Å². The highest BCUT2D eigenvalue weighted by atomic mass is 16.1. The summed E-state index contributed by atoms with van der Waals surface area (Å²) < 4.78 is 0. The fraction of sp³-hybridized carbons (Fsp3) is 0.917. The van der Waals surface area contributed by atoms with E-state index in [-0.39, 0.29) is 10.8 Å². The predicted octanol–water partition coefficient (Wildman–Crippen LogP) is 2.24. The Kier molecular flexibility index (Phi) is 3.05. The Morgan fingerprint density at radius 2 is 2.00 bits per heavy atom. The predicted molar refractivity (Wildman–Crippen MR) is 59.2 cm³/mol. The van der Waals surface area contributed by atoms with Gasteiger partial charge >= 0.3 is 0 Å². The van der Waals surface area contributed by atoms with Crippen LogP contribution in [0.15, 0.2) is 0 Å². The molecule has 82 valence electrons. The number of hydrogen-bond donors (Lipinski definition) is 1. The van der Waals surface area contributed by atoms with E-state index in [0.717, 1.165) is 13.0 Å². The van der Waals surface area contributed by atoms with Crippen molar-refractivity contribution in [3.05, 3.63) is 0 Å². The minimum absolute atomic E-state index is 0.117. The van der Waals surface area contributed by atoms with Crippen LogP contribution in [0.1, 0.15) is 40.5 Å². The molecule has 0 heterocycles. The summed E-state index contributed by atoms with van der Waals surface area (Å²) >= 11 is 0. The highest BCUT2D eigenvalue weighted by Gasteiger charge is 2.53. The summed E-state index contributed by atoms with van der Waals surface area (Å²) in [5.41, 5.74) is 0.0103. The third kappa shape index (κ3) is 1.50. The van der Waals surface area contributed by atoms with Crippen LogP contribution in [-0.2, 0) is 4.79 Å². The molecule has 1 aliphatic carbocycles. The van der Waals surface area contributed by atoms with Crippen molar-refractivity contribution in [3.63, 3.8) is 0 Å². The van der Waals surface area contributed by atoms with E-state index in [1.807, 2.05) is 7.05 Å². The maximum absolute atomic E-state index is 11.7. The van der Waals surface area contributed by atoms with Gasteiger partial charge in [-0.2, -0.15) is 0 Å². The van der Waals surface area contributed by atoms with Crippen LogP contribution in [0.4, 0.5) is 0 Å². The Labute approximate surface area is 87.5 Å². The van der Waals surface area contributed by atoms with Crippen molar-refractivity contribution in [2.45, 2.75) is 40.5 Å². The molecular formula is C12H23NO. The minimum Gasteiger partial charge on any atom is -0.319 e. The van der Waals surface area contributed by atoms with Crippen LogP contribution in [0.5, 0.6) is 0 Å². The van der Waals surface area contributed by atoms with Crippen LogP contribution in [0, 0.1) is 16.7 Å². The largest absolute Gasteiger partial charge is 0.319 e. The Bertz CT molecular complexity index is 234. The number of ketones is 1. The van der Waals surface area contributed by atoms with Crippen molar-refractivity contribution in [1.29, 1.82) is 0 Å². The summed E-state index contributed by atoms with van der Waals surface area (Å²) in [6.07, 6.45) is 2.21. The standard InChI is InChI=1S/C12H23NO/c1-9(14)12(4)7-6-10(8-13-5)11(12,2)3/h10,13H,6-8H2,1-5H3. The smallest absolute Gasteiger partial charge is 0.136 e. The van der Waals surface area contributed by atoms with E-state index < -0.39 is 0 Å². The molecule has 1 saturated carbocycles. The lowest BCUT2D eigenvalue weighted by Crippen LogP contribution is -2.41. The molecule has 0 aromatic carbocycles. The van der Waals surface area contributed by atoms with Crippen LogP contribution < -0.4 is 5.32 Å². The molecule has 1 N–H and O–H groups in total. The maximum atomic E-state index is 11.7. The fourth-order valence-electron chi connectivity index (χ4n) is 2.83. The van der Waals surface area contributed by atoms with Gasteiger partial charge in [0, 0.05) is 5.41 Å². The molecular weight excluding hydrogens is 174 g/mol. The zero-order chi connectivity index (χ0) is 11.0. The third-order valence-corrected chi connectivity index (χ3v) is 4.66. The molecule has 0 radical (unpaired) electrons. The van der Waals surface area contributed by atoms with Crippen molar-refractivity contribution in [1.82, 2.24) is 5.32 Å². The number of rotatable bonds is 3. The van der Waals surface area contributed by atoms with Crippen LogP contribution in [0.2, 0.25) is 0 Å². The van der Waals surface area contributed by atoms with Gasteiger partial charge in [0.15, 0.2) is 0 Å². The molecule has 2 nitrogen and oxygen atoms in total. The highest BCUT2D eigenvalue weighted by Crippen LogP contribution is 2.55. The van der Waals surface area contributed by atoms with Gasteiger partial charge in [0.2, 0.25) is 0 Å². The van der Waals surface area contributed by atoms with E-state index in [1.54, 1.807) is 6.92 Å². The van der Waals surface area contributed by atoms with Gasteiger partial charge < -0.3 is 5.32 Å². The quantitative estimate of drug-likeness (QED) is 0.751. The number of hydrogen-bond acceptors (Lipinski definition) is 2. The summed E-state index contributed by atoms with van der Waals surface area (Å²) in [4.78, 5) is 11.7. The van der Waals surface area contributed by atoms with Crippen molar-refractivity contribution < 1.29 is 4.79 Å². The zero-order valence-electron chi connectivity index (χ0n) is 10.1. The first-order chi connectivity index (χ1) is 6.36. The molecule has 0 bridgehead atoms. The first-order valence-electron chi connectivity index (χ1n) is 5.52. The molecule has 0 aliphatic heterocycles. The zero-order valence-corrected chi connectivity index (χ0v) is 10.1. The van der Waals surface area contributed by atoms with Crippen molar-refractivity contribution in [2.75, 3.05) is 13.6 Å². The molecule has 0 aromatic rings. The van der Waals surface area contributed by atoms with Gasteiger partial charge in [-0.1, -0.05) is 20.8 Å². The second-order valence-electron chi connectivity index (χ2n) is 5.40.